The minimum absolute atomic E-state index is 0.139. The first-order valence-electron chi connectivity index (χ1n) is 8.52. The molecular formula is C20H23N2O3-. The first-order chi connectivity index (χ1) is 12.2. The second-order valence-corrected chi connectivity index (χ2v) is 5.71. The number of ether oxygens (including phenoxy) is 1. The molecule has 25 heavy (non-hydrogen) atoms. The number of nitrogens with zero attached hydrogens (tertiary/aromatic N) is 1. The van der Waals surface area contributed by atoms with Crippen LogP contribution >= 0.6 is 0 Å². The van der Waals surface area contributed by atoms with Crippen LogP contribution in [0.2, 0.25) is 0 Å². The van der Waals surface area contributed by atoms with Crippen LogP contribution in [0.15, 0.2) is 53.6 Å². The van der Waals surface area contributed by atoms with E-state index in [1.165, 1.54) is 31.4 Å². The largest absolute Gasteiger partial charge is 0.545 e. The van der Waals surface area contributed by atoms with E-state index < -0.39 is 5.97 Å². The van der Waals surface area contributed by atoms with E-state index in [0.29, 0.717) is 5.69 Å². The van der Waals surface area contributed by atoms with Gasteiger partial charge in [0.1, 0.15) is 5.75 Å². The Kier molecular flexibility index (Phi) is 7.50. The van der Waals surface area contributed by atoms with Crippen molar-refractivity contribution in [3.05, 3.63) is 59.7 Å². The molecule has 2 rings (SSSR count). The lowest BCUT2D eigenvalue weighted by atomic mass is 10.2. The highest BCUT2D eigenvalue weighted by Gasteiger charge is 1.96. The third kappa shape index (κ3) is 6.67. The first kappa shape index (κ1) is 18.5. The maximum atomic E-state index is 10.7. The van der Waals surface area contributed by atoms with Gasteiger partial charge >= 0.3 is 0 Å². The molecule has 1 N–H and O–H groups in total. The minimum atomic E-state index is -1.19. The summed E-state index contributed by atoms with van der Waals surface area (Å²) in [5, 5.41) is 14.8. The molecule has 0 fully saturated rings. The molecule has 5 heteroatoms. The molecule has 2 aromatic carbocycles. The molecule has 0 radical (unpaired) electrons. The topological polar surface area (TPSA) is 73.8 Å². The molecule has 0 bridgehead atoms. The van der Waals surface area contributed by atoms with Crippen molar-refractivity contribution in [3.63, 3.8) is 0 Å². The maximum Gasteiger partial charge on any atom is 0.119 e. The average Bonchev–Trinajstić information content (AvgIpc) is 2.63. The van der Waals surface area contributed by atoms with Crippen LogP contribution in [0.3, 0.4) is 0 Å². The van der Waals surface area contributed by atoms with Gasteiger partial charge in [-0.25, -0.2) is 0 Å². The molecule has 0 unspecified atom stereocenters. The number of carboxylic acid groups (broad SMARTS) is 1. The lowest BCUT2D eigenvalue weighted by molar-refractivity contribution is -0.255. The third-order valence-electron chi connectivity index (χ3n) is 3.67. The summed E-state index contributed by atoms with van der Waals surface area (Å²) in [7, 11) is 0. The van der Waals surface area contributed by atoms with Gasteiger partial charge in [-0.3, -0.25) is 5.43 Å². The number of rotatable bonds is 10. The van der Waals surface area contributed by atoms with Gasteiger partial charge in [0.2, 0.25) is 0 Å². The van der Waals surface area contributed by atoms with Gasteiger partial charge < -0.3 is 14.6 Å². The van der Waals surface area contributed by atoms with E-state index in [4.69, 9.17) is 4.74 Å². The molecule has 132 valence electrons. The number of hydrogen-bond donors (Lipinski definition) is 1. The number of hydrazone groups is 1. The Balaban J connectivity index is 1.78. The molecule has 0 aromatic heterocycles. The fourth-order valence-corrected chi connectivity index (χ4v) is 2.23. The Morgan fingerprint density at radius 3 is 2.44 bits per heavy atom. The highest BCUT2D eigenvalue weighted by molar-refractivity contribution is 5.86. The SMILES string of the molecule is CCCCCCOc1ccc(/C=N\Nc2ccc(C(=O)[O-])cc2)cc1. The molecule has 0 saturated carbocycles. The molecule has 0 aliphatic rings. The van der Waals surface area contributed by atoms with Crippen LogP contribution in [0.1, 0.15) is 48.5 Å². The van der Waals surface area contributed by atoms with Crippen LogP contribution in [0.5, 0.6) is 5.75 Å². The summed E-state index contributed by atoms with van der Waals surface area (Å²) in [5.41, 5.74) is 4.64. The van der Waals surface area contributed by atoms with E-state index in [2.05, 4.69) is 17.5 Å². The van der Waals surface area contributed by atoms with Gasteiger partial charge in [0.15, 0.2) is 0 Å². The van der Waals surface area contributed by atoms with E-state index >= 15 is 0 Å². The van der Waals surface area contributed by atoms with E-state index in [9.17, 15) is 9.90 Å². The number of nitrogens with one attached hydrogen (secondary N) is 1. The zero-order valence-corrected chi connectivity index (χ0v) is 14.4. The van der Waals surface area contributed by atoms with Crippen molar-refractivity contribution >= 4 is 17.9 Å². The molecule has 0 amide bonds. The zero-order valence-electron chi connectivity index (χ0n) is 14.4. The van der Waals surface area contributed by atoms with E-state index in [-0.39, 0.29) is 5.56 Å². The molecule has 0 atom stereocenters. The van der Waals surface area contributed by atoms with Gasteiger partial charge in [-0.2, -0.15) is 5.10 Å². The highest BCUT2D eigenvalue weighted by atomic mass is 16.5. The van der Waals surface area contributed by atoms with Crippen molar-refractivity contribution in [1.82, 2.24) is 0 Å². The van der Waals surface area contributed by atoms with Crippen molar-refractivity contribution in [2.45, 2.75) is 32.6 Å². The second kappa shape index (κ2) is 10.1. The van der Waals surface area contributed by atoms with Crippen LogP contribution in [-0.4, -0.2) is 18.8 Å². The van der Waals surface area contributed by atoms with Gasteiger partial charge in [0.25, 0.3) is 0 Å². The number of hydrogen-bond acceptors (Lipinski definition) is 5. The Morgan fingerprint density at radius 1 is 1.08 bits per heavy atom. The fraction of sp³-hybridized carbons (Fsp3) is 0.300. The normalized spacial score (nSPS) is 10.8. The van der Waals surface area contributed by atoms with Crippen molar-refractivity contribution < 1.29 is 14.6 Å². The summed E-state index contributed by atoms with van der Waals surface area (Å²) in [5.74, 6) is -0.331. The molecule has 2 aromatic rings. The van der Waals surface area contributed by atoms with E-state index in [1.807, 2.05) is 24.3 Å². The molecule has 0 aliphatic heterocycles. The van der Waals surface area contributed by atoms with Gasteiger partial charge in [-0.1, -0.05) is 38.3 Å². The van der Waals surface area contributed by atoms with Crippen molar-refractivity contribution in [1.29, 1.82) is 0 Å². The zero-order chi connectivity index (χ0) is 17.9. The predicted molar refractivity (Wildman–Crippen MR) is 98.1 cm³/mol. The average molecular weight is 339 g/mol. The van der Waals surface area contributed by atoms with Crippen LogP contribution in [0.25, 0.3) is 0 Å². The molecule has 0 spiro atoms. The summed E-state index contributed by atoms with van der Waals surface area (Å²) in [6.07, 6.45) is 6.46. The third-order valence-corrected chi connectivity index (χ3v) is 3.67. The van der Waals surface area contributed by atoms with E-state index in [0.717, 1.165) is 24.3 Å². The summed E-state index contributed by atoms with van der Waals surface area (Å²) < 4.78 is 5.70. The number of anilines is 1. The molecule has 0 saturated heterocycles. The van der Waals surface area contributed by atoms with Crippen LogP contribution in [0, 0.1) is 0 Å². The number of benzene rings is 2. The Labute approximate surface area is 148 Å². The summed E-state index contributed by atoms with van der Waals surface area (Å²) in [4.78, 5) is 10.7. The van der Waals surface area contributed by atoms with Crippen molar-refractivity contribution in [3.8, 4) is 5.75 Å². The first-order valence-corrected chi connectivity index (χ1v) is 8.52. The predicted octanol–water partition coefficient (Wildman–Crippen LogP) is 3.46. The smallest absolute Gasteiger partial charge is 0.119 e. The van der Waals surface area contributed by atoms with Crippen LogP contribution < -0.4 is 15.3 Å². The minimum Gasteiger partial charge on any atom is -0.545 e. The molecule has 5 nitrogen and oxygen atoms in total. The molecule has 0 heterocycles. The lowest BCUT2D eigenvalue weighted by Gasteiger charge is -2.06. The summed E-state index contributed by atoms with van der Waals surface area (Å²) in [6, 6.07) is 13.9. The second-order valence-electron chi connectivity index (χ2n) is 5.71. The van der Waals surface area contributed by atoms with Crippen molar-refractivity contribution in [2.75, 3.05) is 12.0 Å². The van der Waals surface area contributed by atoms with Crippen LogP contribution in [-0.2, 0) is 0 Å². The maximum absolute atomic E-state index is 10.7. The van der Waals surface area contributed by atoms with Gasteiger partial charge in [-0.05, 0) is 53.9 Å². The Hall–Kier alpha value is -2.82. The summed E-state index contributed by atoms with van der Waals surface area (Å²) >= 11 is 0. The Morgan fingerprint density at radius 2 is 1.80 bits per heavy atom. The Bertz CT molecular complexity index is 679. The summed E-state index contributed by atoms with van der Waals surface area (Å²) in [6.45, 7) is 2.94. The molecular weight excluding hydrogens is 316 g/mol. The van der Waals surface area contributed by atoms with Gasteiger partial charge in [0.05, 0.1) is 24.5 Å². The number of carbonyl (C=O) groups excluding carboxylic acids is 1. The van der Waals surface area contributed by atoms with Gasteiger partial charge in [-0.15, -0.1) is 0 Å². The monoisotopic (exact) mass is 339 g/mol. The molecule has 0 aliphatic carbocycles. The standard InChI is InChI=1S/C20H24N2O3/c1-2-3-4-5-14-25-19-12-6-16(7-13-19)15-21-22-18-10-8-17(9-11-18)20(23)24/h6-13,15,22H,2-5,14H2,1H3,(H,23,24)/p-1/b21-15-. The number of unbranched alkanes of at least 4 members (excludes halogenated alkanes) is 3. The number of carboxylic acids is 1. The van der Waals surface area contributed by atoms with Gasteiger partial charge in [0, 0.05) is 0 Å². The highest BCUT2D eigenvalue weighted by Crippen LogP contribution is 2.13. The van der Waals surface area contributed by atoms with E-state index in [1.54, 1.807) is 18.3 Å². The quantitative estimate of drug-likeness (QED) is 0.409. The number of carbonyl (C=O) groups is 1. The van der Waals surface area contributed by atoms with Crippen molar-refractivity contribution in [2.24, 2.45) is 5.10 Å². The van der Waals surface area contributed by atoms with Crippen LogP contribution in [0.4, 0.5) is 5.69 Å². The lowest BCUT2D eigenvalue weighted by Crippen LogP contribution is -2.21. The fourth-order valence-electron chi connectivity index (χ4n) is 2.23. The number of aromatic carboxylic acids is 1.